The van der Waals surface area contributed by atoms with Crippen LogP contribution in [-0.2, 0) is 6.18 Å². The molecule has 1 aliphatic heterocycles. The van der Waals surface area contributed by atoms with Gasteiger partial charge >= 0.3 is 6.18 Å². The molecule has 0 saturated carbocycles. The summed E-state index contributed by atoms with van der Waals surface area (Å²) in [6.07, 6.45) is -4.65. The molecule has 3 rings (SSSR count). The maximum Gasteiger partial charge on any atom is 0.417 e. The van der Waals surface area contributed by atoms with Gasteiger partial charge in [0.05, 0.1) is 34.7 Å². The summed E-state index contributed by atoms with van der Waals surface area (Å²) in [4.78, 5) is 16.3. The number of carbonyl (C=O) groups excluding carboxylic acids is 1. The second kappa shape index (κ2) is 7.58. The van der Waals surface area contributed by atoms with Crippen molar-refractivity contribution in [1.29, 1.82) is 5.26 Å². The summed E-state index contributed by atoms with van der Waals surface area (Å²) in [5.41, 5.74) is -1.18. The van der Waals surface area contributed by atoms with Crippen LogP contribution in [0.3, 0.4) is 0 Å². The van der Waals surface area contributed by atoms with Crippen LogP contribution in [0.25, 0.3) is 0 Å². The van der Waals surface area contributed by atoms with Gasteiger partial charge in [-0.05, 0) is 29.6 Å². The molecule has 1 unspecified atom stereocenters. The SMILES string of the molecule is N#Cc1ccc(N2CCN(C(=O)c3cccs3)CC2CO)cc1C(F)(F)F. The molecule has 0 aliphatic carbocycles. The first-order chi connectivity index (χ1) is 12.8. The van der Waals surface area contributed by atoms with E-state index in [4.69, 9.17) is 5.26 Å². The van der Waals surface area contributed by atoms with Gasteiger partial charge in [-0.15, -0.1) is 11.3 Å². The Hall–Kier alpha value is -2.57. The van der Waals surface area contributed by atoms with Crippen molar-refractivity contribution in [2.75, 3.05) is 31.1 Å². The lowest BCUT2D eigenvalue weighted by Crippen LogP contribution is -2.56. The number of carbonyl (C=O) groups is 1. The largest absolute Gasteiger partial charge is 0.417 e. The van der Waals surface area contributed by atoms with Crippen LogP contribution in [0, 0.1) is 11.3 Å². The molecule has 27 heavy (non-hydrogen) atoms. The molecule has 1 amide bonds. The van der Waals surface area contributed by atoms with E-state index in [1.807, 2.05) is 0 Å². The number of benzene rings is 1. The molecule has 1 aliphatic rings. The van der Waals surface area contributed by atoms with Crippen molar-refractivity contribution in [2.45, 2.75) is 12.2 Å². The van der Waals surface area contributed by atoms with Gasteiger partial charge in [0.2, 0.25) is 0 Å². The Balaban J connectivity index is 1.84. The molecule has 0 radical (unpaired) electrons. The number of amides is 1. The van der Waals surface area contributed by atoms with Crippen LogP contribution in [0.4, 0.5) is 18.9 Å². The Bertz CT molecular complexity index is 862. The molecule has 2 aromatic rings. The van der Waals surface area contributed by atoms with Crippen LogP contribution in [-0.4, -0.2) is 48.2 Å². The molecular weight excluding hydrogens is 379 g/mol. The molecule has 142 valence electrons. The summed E-state index contributed by atoms with van der Waals surface area (Å²) in [5, 5.41) is 20.4. The third-order valence-corrected chi connectivity index (χ3v) is 5.33. The van der Waals surface area contributed by atoms with Gasteiger partial charge in [0, 0.05) is 25.3 Å². The van der Waals surface area contributed by atoms with Gasteiger partial charge in [0.1, 0.15) is 0 Å². The second-order valence-electron chi connectivity index (χ2n) is 6.10. The summed E-state index contributed by atoms with van der Waals surface area (Å²) in [7, 11) is 0. The Morgan fingerprint density at radius 1 is 1.33 bits per heavy atom. The Kier molecular flexibility index (Phi) is 5.39. The fraction of sp³-hybridized carbons (Fsp3) is 0.333. The first-order valence-electron chi connectivity index (χ1n) is 8.16. The van der Waals surface area contributed by atoms with E-state index in [2.05, 4.69) is 0 Å². The second-order valence-corrected chi connectivity index (χ2v) is 7.05. The van der Waals surface area contributed by atoms with Crippen molar-refractivity contribution >= 4 is 22.9 Å². The molecule has 0 spiro atoms. The number of halogens is 3. The minimum Gasteiger partial charge on any atom is -0.394 e. The summed E-state index contributed by atoms with van der Waals surface area (Å²) in [6.45, 7) is 0.504. The number of hydrogen-bond donors (Lipinski definition) is 1. The van der Waals surface area contributed by atoms with E-state index >= 15 is 0 Å². The third-order valence-electron chi connectivity index (χ3n) is 4.47. The molecule has 2 heterocycles. The maximum absolute atomic E-state index is 13.2. The average molecular weight is 395 g/mol. The molecule has 1 atom stereocenters. The number of thiophene rings is 1. The van der Waals surface area contributed by atoms with Gasteiger partial charge in [-0.2, -0.15) is 18.4 Å². The first kappa shape index (κ1) is 19.2. The maximum atomic E-state index is 13.2. The van der Waals surface area contributed by atoms with Crippen molar-refractivity contribution in [3.05, 3.63) is 51.7 Å². The van der Waals surface area contributed by atoms with Crippen LogP contribution in [0.2, 0.25) is 0 Å². The van der Waals surface area contributed by atoms with Gasteiger partial charge in [0.25, 0.3) is 5.91 Å². The van der Waals surface area contributed by atoms with Gasteiger partial charge in [-0.3, -0.25) is 4.79 Å². The van der Waals surface area contributed by atoms with E-state index in [1.165, 1.54) is 17.4 Å². The zero-order chi connectivity index (χ0) is 19.6. The van der Waals surface area contributed by atoms with Crippen LogP contribution in [0.15, 0.2) is 35.7 Å². The smallest absolute Gasteiger partial charge is 0.394 e. The highest BCUT2D eigenvalue weighted by Gasteiger charge is 2.36. The van der Waals surface area contributed by atoms with Gasteiger partial charge in [-0.1, -0.05) is 6.07 Å². The third kappa shape index (κ3) is 3.91. The number of alkyl halides is 3. The predicted octanol–water partition coefficient (Wildman–Crippen LogP) is 2.96. The van der Waals surface area contributed by atoms with E-state index in [-0.39, 0.29) is 31.3 Å². The normalized spacial score (nSPS) is 17.7. The van der Waals surface area contributed by atoms with Gasteiger partial charge in [0.15, 0.2) is 0 Å². The van der Waals surface area contributed by atoms with Gasteiger partial charge in [-0.25, -0.2) is 0 Å². The molecule has 0 bridgehead atoms. The van der Waals surface area contributed by atoms with Crippen molar-refractivity contribution < 1.29 is 23.1 Å². The quantitative estimate of drug-likeness (QED) is 0.868. The van der Waals surface area contributed by atoms with Crippen LogP contribution in [0.1, 0.15) is 20.8 Å². The average Bonchev–Trinajstić information content (AvgIpc) is 3.20. The fourth-order valence-electron chi connectivity index (χ4n) is 3.13. The molecule has 9 heteroatoms. The first-order valence-corrected chi connectivity index (χ1v) is 9.04. The number of rotatable bonds is 3. The number of hydrogen-bond acceptors (Lipinski definition) is 5. The lowest BCUT2D eigenvalue weighted by molar-refractivity contribution is -0.137. The Labute approximate surface area is 157 Å². The fourth-order valence-corrected chi connectivity index (χ4v) is 3.83. The lowest BCUT2D eigenvalue weighted by Gasteiger charge is -2.42. The topological polar surface area (TPSA) is 67.6 Å². The Morgan fingerprint density at radius 2 is 2.11 bits per heavy atom. The summed E-state index contributed by atoms with van der Waals surface area (Å²) < 4.78 is 39.6. The van der Waals surface area contributed by atoms with E-state index < -0.39 is 23.3 Å². The molecule has 1 saturated heterocycles. The van der Waals surface area contributed by atoms with Crippen molar-refractivity contribution in [3.63, 3.8) is 0 Å². The zero-order valence-corrected chi connectivity index (χ0v) is 14.9. The number of aliphatic hydroxyl groups is 1. The molecule has 5 nitrogen and oxygen atoms in total. The number of nitrogens with zero attached hydrogens (tertiary/aromatic N) is 3. The highest BCUT2D eigenvalue weighted by atomic mass is 32.1. The minimum absolute atomic E-state index is 0.154. The van der Waals surface area contributed by atoms with Crippen LogP contribution >= 0.6 is 11.3 Å². The van der Waals surface area contributed by atoms with Crippen molar-refractivity contribution in [3.8, 4) is 6.07 Å². The monoisotopic (exact) mass is 395 g/mol. The van der Waals surface area contributed by atoms with Crippen molar-refractivity contribution in [2.24, 2.45) is 0 Å². The van der Waals surface area contributed by atoms with E-state index in [0.717, 1.165) is 12.1 Å². The lowest BCUT2D eigenvalue weighted by atomic mass is 10.0. The number of anilines is 1. The molecule has 1 N–H and O–H groups in total. The van der Waals surface area contributed by atoms with Crippen LogP contribution < -0.4 is 4.90 Å². The molecular formula is C18H16F3N3O2S. The standard InChI is InChI=1S/C18H16F3N3O2S/c19-18(20,21)15-8-13(4-3-12(15)9-22)24-6-5-23(10-14(24)11-25)17(26)16-2-1-7-27-16/h1-4,7-8,14,25H,5-6,10-11H2. The van der Waals surface area contributed by atoms with Crippen LogP contribution in [0.5, 0.6) is 0 Å². The molecule has 1 fully saturated rings. The molecule has 1 aromatic carbocycles. The summed E-state index contributed by atoms with van der Waals surface area (Å²) in [6, 6.07) is 8.01. The minimum atomic E-state index is -4.65. The van der Waals surface area contributed by atoms with E-state index in [9.17, 15) is 23.1 Å². The van der Waals surface area contributed by atoms with E-state index in [1.54, 1.807) is 33.4 Å². The highest BCUT2D eigenvalue weighted by Crippen LogP contribution is 2.35. The highest BCUT2D eigenvalue weighted by molar-refractivity contribution is 7.12. The summed E-state index contributed by atoms with van der Waals surface area (Å²) >= 11 is 1.32. The predicted molar refractivity (Wildman–Crippen MR) is 94.6 cm³/mol. The van der Waals surface area contributed by atoms with E-state index in [0.29, 0.717) is 11.4 Å². The number of aliphatic hydroxyl groups excluding tert-OH is 1. The number of nitriles is 1. The number of piperazine rings is 1. The molecule has 1 aromatic heterocycles. The van der Waals surface area contributed by atoms with Gasteiger partial charge < -0.3 is 14.9 Å². The summed E-state index contributed by atoms with van der Waals surface area (Å²) in [5.74, 6) is -0.154. The Morgan fingerprint density at radius 3 is 2.70 bits per heavy atom. The van der Waals surface area contributed by atoms with Crippen molar-refractivity contribution in [1.82, 2.24) is 4.90 Å². The zero-order valence-electron chi connectivity index (χ0n) is 14.1.